The molecule has 140 valence electrons. The number of carbonyl (C=O) groups is 2. The van der Waals surface area contributed by atoms with Gasteiger partial charge in [-0.25, -0.2) is 0 Å². The summed E-state index contributed by atoms with van der Waals surface area (Å²) in [5, 5.41) is 5.65. The molecule has 0 unspecified atom stereocenters. The summed E-state index contributed by atoms with van der Waals surface area (Å²) >= 11 is 0. The van der Waals surface area contributed by atoms with Crippen LogP contribution in [0.3, 0.4) is 0 Å². The van der Waals surface area contributed by atoms with Crippen LogP contribution in [0.4, 0.5) is 5.69 Å². The molecular weight excluding hydrogens is 330 g/mol. The van der Waals surface area contributed by atoms with E-state index in [1.807, 2.05) is 18.2 Å². The van der Waals surface area contributed by atoms with Gasteiger partial charge in [-0.05, 0) is 49.3 Å². The maximum atomic E-state index is 12.1. The number of rotatable bonds is 10. The van der Waals surface area contributed by atoms with Crippen LogP contribution >= 0.6 is 0 Å². The summed E-state index contributed by atoms with van der Waals surface area (Å²) in [7, 11) is 0. The van der Waals surface area contributed by atoms with Crippen LogP contribution in [0.25, 0.3) is 0 Å². The van der Waals surface area contributed by atoms with Gasteiger partial charge in [-0.2, -0.15) is 0 Å². The minimum absolute atomic E-state index is 0.0581. The van der Waals surface area contributed by atoms with Gasteiger partial charge >= 0.3 is 0 Å². The zero-order valence-electron chi connectivity index (χ0n) is 15.5. The van der Waals surface area contributed by atoms with Crippen molar-refractivity contribution in [1.29, 1.82) is 0 Å². The van der Waals surface area contributed by atoms with E-state index in [1.165, 1.54) is 11.8 Å². The predicted molar refractivity (Wildman–Crippen MR) is 102 cm³/mol. The van der Waals surface area contributed by atoms with Crippen LogP contribution in [-0.4, -0.2) is 36.3 Å². The van der Waals surface area contributed by atoms with E-state index < -0.39 is 0 Å². The lowest BCUT2D eigenvalue weighted by molar-refractivity contribution is -0.116. The molecule has 2 aromatic rings. The average molecular weight is 357 g/mol. The molecule has 0 aliphatic heterocycles. The van der Waals surface area contributed by atoms with Crippen LogP contribution in [-0.2, 0) is 11.3 Å². The van der Waals surface area contributed by atoms with Crippen molar-refractivity contribution in [2.75, 3.05) is 25.0 Å². The molecule has 0 radical (unpaired) electrons. The second-order valence-corrected chi connectivity index (χ2v) is 6.05. The van der Waals surface area contributed by atoms with Crippen molar-refractivity contribution in [2.45, 2.75) is 33.2 Å². The molecule has 1 heterocycles. The lowest BCUT2D eigenvalue weighted by atomic mass is 10.2. The molecule has 1 aromatic heterocycles. The molecule has 0 saturated heterocycles. The Morgan fingerprint density at radius 1 is 1.12 bits per heavy atom. The van der Waals surface area contributed by atoms with Gasteiger partial charge in [0.15, 0.2) is 5.76 Å². The highest BCUT2D eigenvalue weighted by molar-refractivity contribution is 5.92. The smallest absolute Gasteiger partial charge is 0.286 e. The maximum absolute atomic E-state index is 12.1. The van der Waals surface area contributed by atoms with Crippen molar-refractivity contribution in [3.63, 3.8) is 0 Å². The van der Waals surface area contributed by atoms with Crippen molar-refractivity contribution >= 4 is 17.5 Å². The molecule has 0 spiro atoms. The number of carbonyl (C=O) groups excluding carboxylic acids is 2. The van der Waals surface area contributed by atoms with Crippen LogP contribution in [0, 0.1) is 0 Å². The number of hydrogen-bond acceptors (Lipinski definition) is 4. The first-order chi connectivity index (χ1) is 12.6. The van der Waals surface area contributed by atoms with Gasteiger partial charge in [-0.15, -0.1) is 0 Å². The van der Waals surface area contributed by atoms with Crippen LogP contribution < -0.4 is 10.6 Å². The number of benzene rings is 1. The Morgan fingerprint density at radius 2 is 1.92 bits per heavy atom. The average Bonchev–Trinajstić information content (AvgIpc) is 3.18. The standard InChI is InChI=1S/C20H27N3O3/c1-3-23(4-2)15-16-8-5-9-17(14-16)22-19(24)11-6-12-21-20(25)18-10-7-13-26-18/h5,7-10,13-14H,3-4,6,11-12,15H2,1-2H3,(H,21,25)(H,22,24). The SMILES string of the molecule is CCN(CC)Cc1cccc(NC(=O)CCCNC(=O)c2ccco2)c1. The second kappa shape index (κ2) is 10.4. The first-order valence-corrected chi connectivity index (χ1v) is 9.05. The molecule has 26 heavy (non-hydrogen) atoms. The minimum Gasteiger partial charge on any atom is -0.459 e. The van der Waals surface area contributed by atoms with Crippen LogP contribution in [0.1, 0.15) is 42.8 Å². The largest absolute Gasteiger partial charge is 0.459 e. The van der Waals surface area contributed by atoms with Crippen molar-refractivity contribution in [3.8, 4) is 0 Å². The predicted octanol–water partition coefficient (Wildman–Crippen LogP) is 3.27. The van der Waals surface area contributed by atoms with Crippen LogP contribution in [0.5, 0.6) is 0 Å². The van der Waals surface area contributed by atoms with E-state index in [-0.39, 0.29) is 17.6 Å². The van der Waals surface area contributed by atoms with Gasteiger partial charge < -0.3 is 15.1 Å². The molecule has 0 fully saturated rings. The molecule has 2 N–H and O–H groups in total. The topological polar surface area (TPSA) is 74.6 Å². The van der Waals surface area contributed by atoms with E-state index in [4.69, 9.17) is 4.42 Å². The first kappa shape index (κ1) is 19.7. The molecule has 2 amide bonds. The van der Waals surface area contributed by atoms with Crippen molar-refractivity contribution < 1.29 is 14.0 Å². The van der Waals surface area contributed by atoms with Crippen molar-refractivity contribution in [1.82, 2.24) is 10.2 Å². The van der Waals surface area contributed by atoms with E-state index in [1.54, 1.807) is 12.1 Å². The van der Waals surface area contributed by atoms with E-state index in [0.717, 1.165) is 25.3 Å². The van der Waals surface area contributed by atoms with Gasteiger partial charge in [0.2, 0.25) is 5.91 Å². The molecule has 6 heteroatoms. The third-order valence-electron chi connectivity index (χ3n) is 4.12. The highest BCUT2D eigenvalue weighted by atomic mass is 16.3. The molecule has 1 aromatic carbocycles. The second-order valence-electron chi connectivity index (χ2n) is 6.05. The van der Waals surface area contributed by atoms with E-state index in [2.05, 4.69) is 35.4 Å². The molecule has 0 bridgehead atoms. The van der Waals surface area contributed by atoms with Gasteiger partial charge in [0.05, 0.1) is 6.26 Å². The summed E-state index contributed by atoms with van der Waals surface area (Å²) in [5.74, 6) is -0.0452. The Labute approximate surface area is 154 Å². The first-order valence-electron chi connectivity index (χ1n) is 9.05. The normalized spacial score (nSPS) is 10.7. The molecule has 0 atom stereocenters. The number of amides is 2. The molecule has 0 aliphatic rings. The summed E-state index contributed by atoms with van der Waals surface area (Å²) < 4.78 is 5.01. The molecule has 0 aliphatic carbocycles. The third kappa shape index (κ3) is 6.37. The van der Waals surface area contributed by atoms with Crippen LogP contribution in [0.15, 0.2) is 47.1 Å². The Hall–Kier alpha value is -2.60. The Balaban J connectivity index is 1.73. The van der Waals surface area contributed by atoms with E-state index >= 15 is 0 Å². The Kier molecular flexibility index (Phi) is 7.89. The maximum Gasteiger partial charge on any atom is 0.286 e. The molecule has 6 nitrogen and oxygen atoms in total. The fourth-order valence-corrected chi connectivity index (χ4v) is 2.62. The monoisotopic (exact) mass is 357 g/mol. The highest BCUT2D eigenvalue weighted by Gasteiger charge is 2.08. The quantitative estimate of drug-likeness (QED) is 0.640. The van der Waals surface area contributed by atoms with Gasteiger partial charge in [0.1, 0.15) is 0 Å². The van der Waals surface area contributed by atoms with Gasteiger partial charge in [0.25, 0.3) is 5.91 Å². The fourth-order valence-electron chi connectivity index (χ4n) is 2.62. The summed E-state index contributed by atoms with van der Waals surface area (Å²) in [6.07, 6.45) is 2.37. The number of hydrogen-bond donors (Lipinski definition) is 2. The number of nitrogens with one attached hydrogen (secondary N) is 2. The fraction of sp³-hybridized carbons (Fsp3) is 0.400. The molecule has 2 rings (SSSR count). The van der Waals surface area contributed by atoms with Gasteiger partial charge in [-0.1, -0.05) is 26.0 Å². The summed E-state index contributed by atoms with van der Waals surface area (Å²) in [5.41, 5.74) is 1.98. The van der Waals surface area contributed by atoms with E-state index in [0.29, 0.717) is 19.4 Å². The Bertz CT molecular complexity index is 694. The number of anilines is 1. The third-order valence-corrected chi connectivity index (χ3v) is 4.12. The van der Waals surface area contributed by atoms with Gasteiger partial charge in [-0.3, -0.25) is 14.5 Å². The van der Waals surface area contributed by atoms with E-state index in [9.17, 15) is 9.59 Å². The molecular formula is C20H27N3O3. The summed E-state index contributed by atoms with van der Waals surface area (Å²) in [6.45, 7) is 7.57. The lowest BCUT2D eigenvalue weighted by Crippen LogP contribution is -2.25. The number of furan rings is 1. The zero-order valence-corrected chi connectivity index (χ0v) is 15.5. The summed E-state index contributed by atoms with van der Waals surface area (Å²) in [6, 6.07) is 11.2. The Morgan fingerprint density at radius 3 is 2.62 bits per heavy atom. The van der Waals surface area contributed by atoms with Crippen molar-refractivity contribution in [2.24, 2.45) is 0 Å². The summed E-state index contributed by atoms with van der Waals surface area (Å²) in [4.78, 5) is 26.1. The molecule has 0 saturated carbocycles. The van der Waals surface area contributed by atoms with Crippen molar-refractivity contribution in [3.05, 3.63) is 54.0 Å². The zero-order chi connectivity index (χ0) is 18.8. The highest BCUT2D eigenvalue weighted by Crippen LogP contribution is 2.13. The lowest BCUT2D eigenvalue weighted by Gasteiger charge is -2.18. The number of nitrogens with zero attached hydrogens (tertiary/aromatic N) is 1. The minimum atomic E-state index is -0.264. The van der Waals surface area contributed by atoms with Crippen LogP contribution in [0.2, 0.25) is 0 Å². The van der Waals surface area contributed by atoms with Gasteiger partial charge in [0, 0.05) is 25.2 Å².